The monoisotopic (exact) mass is 356 g/mol. The van der Waals surface area contributed by atoms with Crippen LogP contribution in [-0.2, 0) is 17.8 Å². The largest absolute Gasteiger partial charge is 0.352 e. The van der Waals surface area contributed by atoms with E-state index >= 15 is 0 Å². The van der Waals surface area contributed by atoms with Gasteiger partial charge < -0.3 is 5.32 Å². The van der Waals surface area contributed by atoms with Gasteiger partial charge in [0, 0.05) is 22.5 Å². The molecular formula is C19H17ClN2OS. The number of rotatable bonds is 5. The third-order valence-electron chi connectivity index (χ3n) is 3.63. The lowest BCUT2D eigenvalue weighted by Gasteiger charge is -2.06. The highest BCUT2D eigenvalue weighted by Gasteiger charge is 2.09. The summed E-state index contributed by atoms with van der Waals surface area (Å²) in [5.74, 6) is -0.0596. The maximum atomic E-state index is 12.1. The van der Waals surface area contributed by atoms with Crippen molar-refractivity contribution in [1.82, 2.24) is 10.3 Å². The van der Waals surface area contributed by atoms with Gasteiger partial charge in [0.2, 0.25) is 5.91 Å². The van der Waals surface area contributed by atoms with E-state index in [1.54, 1.807) is 11.3 Å². The number of aryl methyl sites for hydroxylation is 1. The Morgan fingerprint density at radius 1 is 1.17 bits per heavy atom. The van der Waals surface area contributed by atoms with Crippen LogP contribution in [0.3, 0.4) is 0 Å². The molecule has 0 aliphatic carbocycles. The molecule has 1 heterocycles. The van der Waals surface area contributed by atoms with Crippen LogP contribution in [0.25, 0.3) is 10.6 Å². The Balaban J connectivity index is 1.59. The maximum absolute atomic E-state index is 12.1. The van der Waals surface area contributed by atoms with Gasteiger partial charge in [0.05, 0.1) is 12.1 Å². The number of thiazole rings is 1. The van der Waals surface area contributed by atoms with Crippen molar-refractivity contribution in [2.24, 2.45) is 0 Å². The van der Waals surface area contributed by atoms with Gasteiger partial charge in [0.25, 0.3) is 0 Å². The number of carbonyl (C=O) groups excluding carboxylic acids is 1. The molecule has 2 aromatic carbocycles. The lowest BCUT2D eigenvalue weighted by Crippen LogP contribution is -2.24. The summed E-state index contributed by atoms with van der Waals surface area (Å²) in [7, 11) is 0. The summed E-state index contributed by atoms with van der Waals surface area (Å²) in [6.07, 6.45) is 0.271. The zero-order valence-corrected chi connectivity index (χ0v) is 14.8. The van der Waals surface area contributed by atoms with E-state index in [0.29, 0.717) is 11.6 Å². The molecule has 1 aromatic heterocycles. The van der Waals surface area contributed by atoms with Crippen LogP contribution < -0.4 is 5.32 Å². The molecule has 5 heteroatoms. The summed E-state index contributed by atoms with van der Waals surface area (Å²) < 4.78 is 0. The summed E-state index contributed by atoms with van der Waals surface area (Å²) in [5.41, 5.74) is 3.99. The van der Waals surface area contributed by atoms with Gasteiger partial charge in [0.15, 0.2) is 0 Å². The number of benzene rings is 2. The zero-order chi connectivity index (χ0) is 16.9. The van der Waals surface area contributed by atoms with Crippen molar-refractivity contribution in [3.8, 4) is 10.6 Å². The number of nitrogens with one attached hydrogen (secondary N) is 1. The van der Waals surface area contributed by atoms with E-state index in [9.17, 15) is 4.79 Å². The van der Waals surface area contributed by atoms with Gasteiger partial charge in [-0.15, -0.1) is 11.3 Å². The second-order valence-corrected chi connectivity index (χ2v) is 6.82. The van der Waals surface area contributed by atoms with E-state index in [4.69, 9.17) is 11.6 Å². The standard InChI is InChI=1S/C19H17ClN2OS/c1-13-6-8-14(9-7-13)19-22-16(12-24-19)10-18(23)21-11-15-4-2-3-5-17(15)20/h2-9,12H,10-11H2,1H3,(H,21,23). The molecule has 0 bridgehead atoms. The highest BCUT2D eigenvalue weighted by molar-refractivity contribution is 7.13. The lowest BCUT2D eigenvalue weighted by molar-refractivity contribution is -0.120. The summed E-state index contributed by atoms with van der Waals surface area (Å²) in [5, 5.41) is 6.42. The molecule has 0 aliphatic heterocycles. The molecular weight excluding hydrogens is 340 g/mol. The van der Waals surface area contributed by atoms with Gasteiger partial charge in [-0.05, 0) is 18.6 Å². The van der Waals surface area contributed by atoms with E-state index in [2.05, 4.69) is 41.5 Å². The second-order valence-electron chi connectivity index (χ2n) is 5.55. The molecule has 3 rings (SSSR count). The van der Waals surface area contributed by atoms with Crippen molar-refractivity contribution in [2.45, 2.75) is 19.9 Å². The first-order valence-corrected chi connectivity index (χ1v) is 8.89. The highest BCUT2D eigenvalue weighted by Crippen LogP contribution is 2.24. The van der Waals surface area contributed by atoms with Crippen molar-refractivity contribution in [1.29, 1.82) is 0 Å². The van der Waals surface area contributed by atoms with Crippen LogP contribution in [0.2, 0.25) is 5.02 Å². The summed E-state index contributed by atoms with van der Waals surface area (Å²) in [6, 6.07) is 15.7. The van der Waals surface area contributed by atoms with Crippen LogP contribution in [0.15, 0.2) is 53.9 Å². The predicted octanol–water partition coefficient (Wildman–Crippen LogP) is 4.63. The average molecular weight is 357 g/mol. The van der Waals surface area contributed by atoms with E-state index in [0.717, 1.165) is 21.8 Å². The first-order valence-electron chi connectivity index (χ1n) is 7.63. The van der Waals surface area contributed by atoms with Gasteiger partial charge in [0.1, 0.15) is 5.01 Å². The van der Waals surface area contributed by atoms with Crippen molar-refractivity contribution >= 4 is 28.8 Å². The molecule has 0 atom stereocenters. The first-order chi connectivity index (χ1) is 11.6. The zero-order valence-electron chi connectivity index (χ0n) is 13.3. The molecule has 0 saturated carbocycles. The average Bonchev–Trinajstić information content (AvgIpc) is 3.03. The van der Waals surface area contributed by atoms with Crippen molar-refractivity contribution in [2.75, 3.05) is 0 Å². The van der Waals surface area contributed by atoms with Crippen LogP contribution >= 0.6 is 22.9 Å². The van der Waals surface area contributed by atoms with Gasteiger partial charge >= 0.3 is 0 Å². The second kappa shape index (κ2) is 7.60. The number of hydrogen-bond donors (Lipinski definition) is 1. The van der Waals surface area contributed by atoms with Crippen LogP contribution in [0.5, 0.6) is 0 Å². The molecule has 24 heavy (non-hydrogen) atoms. The Morgan fingerprint density at radius 3 is 2.67 bits per heavy atom. The normalized spacial score (nSPS) is 10.6. The number of halogens is 1. The van der Waals surface area contributed by atoms with Crippen LogP contribution in [0, 0.1) is 6.92 Å². The molecule has 0 aliphatic rings. The predicted molar refractivity (Wildman–Crippen MR) is 99.3 cm³/mol. The summed E-state index contributed by atoms with van der Waals surface area (Å²) in [4.78, 5) is 16.7. The molecule has 0 radical (unpaired) electrons. The third-order valence-corrected chi connectivity index (χ3v) is 4.93. The third kappa shape index (κ3) is 4.22. The maximum Gasteiger partial charge on any atom is 0.226 e. The number of carbonyl (C=O) groups is 1. The fourth-order valence-corrected chi connectivity index (χ4v) is 3.31. The number of hydrogen-bond acceptors (Lipinski definition) is 3. The van der Waals surface area contributed by atoms with Crippen molar-refractivity contribution in [3.63, 3.8) is 0 Å². The van der Waals surface area contributed by atoms with E-state index in [1.807, 2.05) is 29.6 Å². The Morgan fingerprint density at radius 2 is 1.92 bits per heavy atom. The SMILES string of the molecule is Cc1ccc(-c2nc(CC(=O)NCc3ccccc3Cl)cs2)cc1. The molecule has 3 aromatic rings. The molecule has 0 fully saturated rings. The Hall–Kier alpha value is -2.17. The van der Waals surface area contributed by atoms with Gasteiger partial charge in [-0.1, -0.05) is 59.6 Å². The fourth-order valence-electron chi connectivity index (χ4n) is 2.28. The topological polar surface area (TPSA) is 42.0 Å². The van der Waals surface area contributed by atoms with Crippen LogP contribution in [0.1, 0.15) is 16.8 Å². The van der Waals surface area contributed by atoms with Crippen molar-refractivity contribution in [3.05, 3.63) is 75.8 Å². The van der Waals surface area contributed by atoms with Crippen molar-refractivity contribution < 1.29 is 4.79 Å². The summed E-state index contributed by atoms with van der Waals surface area (Å²) >= 11 is 7.64. The van der Waals surface area contributed by atoms with Gasteiger partial charge in [-0.3, -0.25) is 4.79 Å². The minimum Gasteiger partial charge on any atom is -0.352 e. The molecule has 122 valence electrons. The molecule has 0 spiro atoms. The minimum absolute atomic E-state index is 0.0596. The van der Waals surface area contributed by atoms with Crippen LogP contribution in [0.4, 0.5) is 0 Å². The highest BCUT2D eigenvalue weighted by atomic mass is 35.5. The van der Waals surface area contributed by atoms with E-state index < -0.39 is 0 Å². The van der Waals surface area contributed by atoms with E-state index in [1.165, 1.54) is 5.56 Å². The quantitative estimate of drug-likeness (QED) is 0.724. The first kappa shape index (κ1) is 16.7. The molecule has 3 nitrogen and oxygen atoms in total. The molecule has 1 amide bonds. The Kier molecular flexibility index (Phi) is 5.28. The summed E-state index contributed by atoms with van der Waals surface area (Å²) in [6.45, 7) is 2.48. The molecule has 0 unspecified atom stereocenters. The number of nitrogens with zero attached hydrogens (tertiary/aromatic N) is 1. The van der Waals surface area contributed by atoms with E-state index in [-0.39, 0.29) is 12.3 Å². The smallest absolute Gasteiger partial charge is 0.226 e. The molecule has 0 saturated heterocycles. The van der Waals surface area contributed by atoms with Gasteiger partial charge in [-0.2, -0.15) is 0 Å². The minimum atomic E-state index is -0.0596. The Labute approximate surface area is 150 Å². The fraction of sp³-hybridized carbons (Fsp3) is 0.158. The van der Waals surface area contributed by atoms with Gasteiger partial charge in [-0.25, -0.2) is 4.98 Å². The lowest BCUT2D eigenvalue weighted by atomic mass is 10.2. The van der Waals surface area contributed by atoms with Crippen LogP contribution in [-0.4, -0.2) is 10.9 Å². The Bertz CT molecular complexity index is 843. The number of amides is 1. The number of aromatic nitrogens is 1. The molecule has 1 N–H and O–H groups in total.